The van der Waals surface area contributed by atoms with Crippen LogP contribution in [-0.2, 0) is 9.59 Å². The number of amides is 2. The molecule has 1 aliphatic heterocycles. The highest BCUT2D eigenvalue weighted by Gasteiger charge is 2.26. The lowest BCUT2D eigenvalue weighted by Gasteiger charge is -2.30. The van der Waals surface area contributed by atoms with Gasteiger partial charge in [-0.2, -0.15) is 0 Å². The number of rotatable bonds is 3. The molecule has 1 saturated heterocycles. The van der Waals surface area contributed by atoms with Gasteiger partial charge >= 0.3 is 0 Å². The lowest BCUT2D eigenvalue weighted by molar-refractivity contribution is -0.137. The third-order valence-electron chi connectivity index (χ3n) is 3.39. The second kappa shape index (κ2) is 4.85. The molecule has 2 amide bonds. The molecular weight excluding hydrogens is 204 g/mol. The molecule has 4 nitrogen and oxygen atoms in total. The smallest absolute Gasteiger partial charge is 0.232 e. The van der Waals surface area contributed by atoms with Crippen LogP contribution in [0, 0.1) is 5.92 Å². The van der Waals surface area contributed by atoms with Crippen LogP contribution in [-0.4, -0.2) is 35.8 Å². The Morgan fingerprint density at radius 1 is 1.19 bits per heavy atom. The zero-order valence-corrected chi connectivity index (χ0v) is 9.87. The lowest BCUT2D eigenvalue weighted by Crippen LogP contribution is -2.40. The minimum atomic E-state index is -0.105. The molecule has 2 aliphatic rings. The molecule has 2 fully saturated rings. The van der Waals surface area contributed by atoms with E-state index in [1.807, 2.05) is 4.90 Å². The number of hydrogen-bond donors (Lipinski definition) is 1. The maximum atomic E-state index is 11.8. The van der Waals surface area contributed by atoms with Crippen molar-refractivity contribution in [3.8, 4) is 0 Å². The Hall–Kier alpha value is -1.06. The first kappa shape index (κ1) is 11.4. The Kier molecular flexibility index (Phi) is 3.46. The van der Waals surface area contributed by atoms with Gasteiger partial charge in [0.1, 0.15) is 6.42 Å². The summed E-state index contributed by atoms with van der Waals surface area (Å²) in [7, 11) is 0. The zero-order chi connectivity index (χ0) is 11.5. The molecule has 0 aromatic rings. The maximum absolute atomic E-state index is 11.8. The third kappa shape index (κ3) is 3.22. The van der Waals surface area contributed by atoms with Gasteiger partial charge in [0.25, 0.3) is 0 Å². The summed E-state index contributed by atoms with van der Waals surface area (Å²) in [6, 6.07) is 0.349. The van der Waals surface area contributed by atoms with Crippen LogP contribution in [0.2, 0.25) is 0 Å². The highest BCUT2D eigenvalue weighted by Crippen LogP contribution is 2.19. The Labute approximate surface area is 96.4 Å². The second-order valence-corrected chi connectivity index (χ2v) is 5.08. The van der Waals surface area contributed by atoms with Gasteiger partial charge in [-0.15, -0.1) is 0 Å². The summed E-state index contributed by atoms with van der Waals surface area (Å²) in [5.41, 5.74) is 0. The molecule has 4 heteroatoms. The van der Waals surface area contributed by atoms with E-state index in [0.29, 0.717) is 12.0 Å². The minimum Gasteiger partial charge on any atom is -0.353 e. The van der Waals surface area contributed by atoms with Crippen molar-refractivity contribution in [2.45, 2.75) is 45.1 Å². The van der Waals surface area contributed by atoms with Crippen molar-refractivity contribution in [2.75, 3.05) is 13.1 Å². The predicted octanol–water partition coefficient (Wildman–Crippen LogP) is 0.914. The number of carbonyl (C=O) groups excluding carboxylic acids is 2. The number of hydrogen-bond acceptors (Lipinski definition) is 2. The van der Waals surface area contributed by atoms with Crippen molar-refractivity contribution >= 4 is 11.8 Å². The number of nitrogens with zero attached hydrogens (tertiary/aromatic N) is 1. The third-order valence-corrected chi connectivity index (χ3v) is 3.39. The van der Waals surface area contributed by atoms with E-state index in [9.17, 15) is 9.59 Å². The molecule has 0 radical (unpaired) electrons. The van der Waals surface area contributed by atoms with E-state index in [-0.39, 0.29) is 18.2 Å². The van der Waals surface area contributed by atoms with E-state index in [4.69, 9.17) is 0 Å². The van der Waals surface area contributed by atoms with Crippen LogP contribution in [0.25, 0.3) is 0 Å². The van der Waals surface area contributed by atoms with E-state index in [1.54, 1.807) is 0 Å². The van der Waals surface area contributed by atoms with Crippen molar-refractivity contribution in [1.82, 2.24) is 10.2 Å². The van der Waals surface area contributed by atoms with Crippen LogP contribution in [0.5, 0.6) is 0 Å². The summed E-state index contributed by atoms with van der Waals surface area (Å²) in [6.45, 7) is 3.84. The van der Waals surface area contributed by atoms with Gasteiger partial charge in [-0.25, -0.2) is 0 Å². The summed E-state index contributed by atoms with van der Waals surface area (Å²) >= 11 is 0. The zero-order valence-electron chi connectivity index (χ0n) is 9.87. The number of piperidine rings is 1. The van der Waals surface area contributed by atoms with Gasteiger partial charge in [0.15, 0.2) is 0 Å². The molecular formula is C12H20N2O2. The minimum absolute atomic E-state index is 0.00921. The first-order valence-corrected chi connectivity index (χ1v) is 6.22. The molecule has 1 heterocycles. The van der Waals surface area contributed by atoms with Gasteiger partial charge in [0, 0.05) is 19.1 Å². The highest BCUT2D eigenvalue weighted by atomic mass is 16.2. The fraction of sp³-hybridized carbons (Fsp3) is 0.833. The van der Waals surface area contributed by atoms with Gasteiger partial charge in [-0.05, 0) is 31.6 Å². The average Bonchev–Trinajstić information content (AvgIpc) is 3.02. The van der Waals surface area contributed by atoms with Crippen LogP contribution in [0.1, 0.15) is 39.0 Å². The molecule has 90 valence electrons. The van der Waals surface area contributed by atoms with Gasteiger partial charge in [-0.3, -0.25) is 9.59 Å². The topological polar surface area (TPSA) is 49.4 Å². The van der Waals surface area contributed by atoms with Crippen LogP contribution < -0.4 is 5.32 Å². The summed E-state index contributed by atoms with van der Waals surface area (Å²) < 4.78 is 0. The predicted molar refractivity (Wildman–Crippen MR) is 60.8 cm³/mol. The van der Waals surface area contributed by atoms with E-state index in [0.717, 1.165) is 38.8 Å². The molecule has 0 atom stereocenters. The quantitative estimate of drug-likeness (QED) is 0.724. The van der Waals surface area contributed by atoms with Gasteiger partial charge < -0.3 is 10.2 Å². The largest absolute Gasteiger partial charge is 0.353 e. The Balaban J connectivity index is 1.71. The molecule has 0 bridgehead atoms. The van der Waals surface area contributed by atoms with Crippen molar-refractivity contribution in [3.05, 3.63) is 0 Å². The Bertz CT molecular complexity index is 279. The second-order valence-electron chi connectivity index (χ2n) is 5.08. The molecule has 0 aromatic heterocycles. The van der Waals surface area contributed by atoms with Gasteiger partial charge in [-0.1, -0.05) is 6.92 Å². The molecule has 0 unspecified atom stereocenters. The molecule has 1 aliphatic carbocycles. The number of carbonyl (C=O) groups is 2. The summed E-state index contributed by atoms with van der Waals surface area (Å²) in [6.07, 6.45) is 4.30. The fourth-order valence-electron chi connectivity index (χ4n) is 2.01. The monoisotopic (exact) mass is 224 g/mol. The maximum Gasteiger partial charge on any atom is 0.232 e. The van der Waals surface area contributed by atoms with Crippen LogP contribution in [0.15, 0.2) is 0 Å². The summed E-state index contributed by atoms with van der Waals surface area (Å²) in [4.78, 5) is 25.1. The molecule has 16 heavy (non-hydrogen) atoms. The highest BCUT2D eigenvalue weighted by molar-refractivity contribution is 5.97. The summed E-state index contributed by atoms with van der Waals surface area (Å²) in [5.74, 6) is 0.598. The number of likely N-dealkylation sites (tertiary alicyclic amines) is 1. The summed E-state index contributed by atoms with van der Waals surface area (Å²) in [5, 5.41) is 2.85. The molecule has 1 saturated carbocycles. The molecule has 0 spiro atoms. The van der Waals surface area contributed by atoms with Crippen molar-refractivity contribution < 1.29 is 9.59 Å². The first-order valence-electron chi connectivity index (χ1n) is 6.22. The lowest BCUT2D eigenvalue weighted by atomic mass is 9.99. The van der Waals surface area contributed by atoms with Crippen LogP contribution >= 0.6 is 0 Å². The standard InChI is InChI=1S/C12H20N2O2/c1-9-4-6-14(7-5-9)12(16)8-11(15)13-10-2-3-10/h9-10H,2-8H2,1H3,(H,13,15). The van der Waals surface area contributed by atoms with E-state index in [1.165, 1.54) is 0 Å². The van der Waals surface area contributed by atoms with Crippen molar-refractivity contribution in [1.29, 1.82) is 0 Å². The average molecular weight is 224 g/mol. The first-order chi connectivity index (χ1) is 7.65. The van der Waals surface area contributed by atoms with E-state index >= 15 is 0 Å². The molecule has 1 N–H and O–H groups in total. The normalized spacial score (nSPS) is 21.9. The van der Waals surface area contributed by atoms with E-state index < -0.39 is 0 Å². The van der Waals surface area contributed by atoms with E-state index in [2.05, 4.69) is 12.2 Å². The molecule has 2 rings (SSSR count). The van der Waals surface area contributed by atoms with Gasteiger partial charge in [0.2, 0.25) is 11.8 Å². The molecule has 0 aromatic carbocycles. The SMILES string of the molecule is CC1CCN(C(=O)CC(=O)NC2CC2)CC1. The fourth-order valence-corrected chi connectivity index (χ4v) is 2.01. The van der Waals surface area contributed by atoms with Crippen LogP contribution in [0.4, 0.5) is 0 Å². The Morgan fingerprint density at radius 3 is 2.38 bits per heavy atom. The van der Waals surface area contributed by atoms with Gasteiger partial charge in [0.05, 0.1) is 0 Å². The van der Waals surface area contributed by atoms with Crippen molar-refractivity contribution in [3.63, 3.8) is 0 Å². The Morgan fingerprint density at radius 2 is 1.81 bits per heavy atom. The number of nitrogens with one attached hydrogen (secondary N) is 1. The van der Waals surface area contributed by atoms with Crippen molar-refractivity contribution in [2.24, 2.45) is 5.92 Å². The van der Waals surface area contributed by atoms with Crippen LogP contribution in [0.3, 0.4) is 0 Å².